The van der Waals surface area contributed by atoms with Crippen molar-refractivity contribution >= 4 is 63.5 Å². The summed E-state index contributed by atoms with van der Waals surface area (Å²) in [7, 11) is 0. The number of nitrogen functional groups attached to an aromatic ring is 1. The van der Waals surface area contributed by atoms with Crippen molar-refractivity contribution in [2.24, 2.45) is 5.16 Å². The molecule has 0 bridgehead atoms. The van der Waals surface area contributed by atoms with Gasteiger partial charge in [-0.25, -0.2) is 9.78 Å². The number of aromatic nitrogens is 2. The van der Waals surface area contributed by atoms with E-state index in [4.69, 9.17) is 10.6 Å². The minimum atomic E-state index is -4.34. The van der Waals surface area contributed by atoms with Gasteiger partial charge in [-0.1, -0.05) is 5.16 Å². The second-order valence-electron chi connectivity index (χ2n) is 8.16. The van der Waals surface area contributed by atoms with E-state index in [1.165, 1.54) is 53.4 Å². The van der Waals surface area contributed by atoms with Crippen LogP contribution in [0.4, 0.5) is 18.3 Å². The highest BCUT2D eigenvalue weighted by molar-refractivity contribution is 8.01. The zero-order chi connectivity index (χ0) is 28.3. The number of carboxylic acid groups (broad SMARTS) is 1. The summed E-state index contributed by atoms with van der Waals surface area (Å²) in [6.45, 7) is 0.753. The molecular weight excluding hydrogens is 581 g/mol. The lowest BCUT2D eigenvalue weighted by atomic mass is 10.0. The molecule has 2 amide bonds. The standard InChI is InChI=1S/C22H21F3N6O5S3/c1-2-36-29-14(13-9-39-21(26)27-13)17(32)28-15-18(33)31-16(20(34)35)11(8-38-19(15)31)7-37-12-3-5-30(6-4-12)10-22(23,24)25/h3-6,9,15,19H,2,7-8,10H2,1H3,(H3-,26,27,28,32,34,35)/p+1/t15-,19-/m1/s1. The van der Waals surface area contributed by atoms with E-state index >= 15 is 0 Å². The van der Waals surface area contributed by atoms with Gasteiger partial charge in [0.15, 0.2) is 23.2 Å². The minimum Gasteiger partial charge on any atom is -0.477 e. The average Bonchev–Trinajstić information content (AvgIpc) is 3.31. The highest BCUT2D eigenvalue weighted by Crippen LogP contribution is 2.41. The summed E-state index contributed by atoms with van der Waals surface area (Å²) in [4.78, 5) is 48.9. The number of carbonyl (C=O) groups is 3. The van der Waals surface area contributed by atoms with E-state index in [0.717, 1.165) is 20.8 Å². The summed E-state index contributed by atoms with van der Waals surface area (Å²) < 4.78 is 38.7. The molecule has 2 aromatic heterocycles. The third-order valence-electron chi connectivity index (χ3n) is 5.44. The van der Waals surface area contributed by atoms with Crippen molar-refractivity contribution in [2.75, 3.05) is 23.8 Å². The third kappa shape index (κ3) is 6.65. The maximum absolute atomic E-state index is 13.0. The highest BCUT2D eigenvalue weighted by atomic mass is 32.2. The van der Waals surface area contributed by atoms with Crippen LogP contribution < -0.4 is 15.6 Å². The number of carbonyl (C=O) groups excluding carboxylic acids is 2. The molecule has 39 heavy (non-hydrogen) atoms. The first-order valence-corrected chi connectivity index (χ1v) is 14.2. The number of aliphatic carboxylic acids is 1. The maximum Gasteiger partial charge on any atom is 0.448 e. The zero-order valence-corrected chi connectivity index (χ0v) is 22.6. The molecule has 0 aromatic carbocycles. The zero-order valence-electron chi connectivity index (χ0n) is 20.2. The monoisotopic (exact) mass is 603 g/mol. The van der Waals surface area contributed by atoms with Gasteiger partial charge in [-0.2, -0.15) is 17.7 Å². The Hall–Kier alpha value is -3.31. The molecule has 11 nitrogen and oxygen atoms in total. The molecule has 1 fully saturated rings. The van der Waals surface area contributed by atoms with Crippen LogP contribution >= 0.6 is 34.9 Å². The fraction of sp³-hybridized carbons (Fsp3) is 0.364. The Bertz CT molecular complexity index is 1330. The molecule has 1 saturated heterocycles. The Labute approximate surface area is 232 Å². The van der Waals surface area contributed by atoms with Gasteiger partial charge in [0.25, 0.3) is 11.8 Å². The fourth-order valence-electron chi connectivity index (χ4n) is 3.76. The van der Waals surface area contributed by atoms with Gasteiger partial charge in [0, 0.05) is 33.9 Å². The van der Waals surface area contributed by atoms with Crippen molar-refractivity contribution in [1.82, 2.24) is 15.2 Å². The first-order valence-electron chi connectivity index (χ1n) is 11.3. The number of fused-ring (bicyclic) bond motifs is 1. The van der Waals surface area contributed by atoms with Crippen molar-refractivity contribution in [3.63, 3.8) is 0 Å². The number of pyridine rings is 1. The summed E-state index contributed by atoms with van der Waals surface area (Å²) in [6, 6.07) is 2.02. The predicted octanol–water partition coefficient (Wildman–Crippen LogP) is 1.85. The molecule has 0 unspecified atom stereocenters. The first-order chi connectivity index (χ1) is 18.5. The normalized spacial score (nSPS) is 19.4. The number of hydrogen-bond acceptors (Lipinski definition) is 10. The Morgan fingerprint density at radius 3 is 2.69 bits per heavy atom. The van der Waals surface area contributed by atoms with Gasteiger partial charge in [-0.05, 0) is 12.5 Å². The summed E-state index contributed by atoms with van der Waals surface area (Å²) in [5.74, 6) is -2.12. The number of thiazole rings is 1. The quantitative estimate of drug-likeness (QED) is 0.122. The Morgan fingerprint density at radius 2 is 2.10 bits per heavy atom. The number of anilines is 1. The number of oxime groups is 1. The first kappa shape index (κ1) is 28.7. The van der Waals surface area contributed by atoms with Crippen LogP contribution in [0.2, 0.25) is 0 Å². The molecule has 0 saturated carbocycles. The lowest BCUT2D eigenvalue weighted by Gasteiger charge is -2.49. The smallest absolute Gasteiger partial charge is 0.448 e. The maximum atomic E-state index is 13.0. The number of nitrogens with two attached hydrogens (primary N) is 1. The number of carboxylic acids is 1. The largest absolute Gasteiger partial charge is 0.477 e. The summed E-state index contributed by atoms with van der Waals surface area (Å²) in [5.41, 5.74) is 5.98. The molecule has 4 N–H and O–H groups in total. The van der Waals surface area contributed by atoms with Crippen LogP contribution in [0, 0.1) is 0 Å². The van der Waals surface area contributed by atoms with Gasteiger partial charge in [0.1, 0.15) is 29.4 Å². The van der Waals surface area contributed by atoms with Crippen LogP contribution in [-0.4, -0.2) is 74.2 Å². The molecule has 0 radical (unpaired) electrons. The van der Waals surface area contributed by atoms with Crippen molar-refractivity contribution < 1.29 is 42.1 Å². The van der Waals surface area contributed by atoms with E-state index in [2.05, 4.69) is 15.5 Å². The van der Waals surface area contributed by atoms with Gasteiger partial charge in [0.2, 0.25) is 6.54 Å². The molecule has 0 aliphatic carbocycles. The minimum absolute atomic E-state index is 0.164. The van der Waals surface area contributed by atoms with Crippen LogP contribution in [0.3, 0.4) is 0 Å². The van der Waals surface area contributed by atoms with Gasteiger partial charge in [0.05, 0.1) is 0 Å². The number of nitrogens with one attached hydrogen (secondary N) is 1. The number of amides is 2. The number of halogens is 3. The van der Waals surface area contributed by atoms with E-state index in [9.17, 15) is 32.7 Å². The molecule has 0 spiro atoms. The van der Waals surface area contributed by atoms with Crippen molar-refractivity contribution in [1.29, 1.82) is 0 Å². The summed E-state index contributed by atoms with van der Waals surface area (Å²) >= 11 is 3.64. The summed E-state index contributed by atoms with van der Waals surface area (Å²) in [6.07, 6.45) is -1.75. The van der Waals surface area contributed by atoms with Gasteiger partial charge >= 0.3 is 12.1 Å². The van der Waals surface area contributed by atoms with Gasteiger partial charge < -0.3 is 21.0 Å². The van der Waals surface area contributed by atoms with Crippen LogP contribution in [0.5, 0.6) is 0 Å². The molecule has 17 heteroatoms. The van der Waals surface area contributed by atoms with Crippen LogP contribution in [-0.2, 0) is 25.8 Å². The van der Waals surface area contributed by atoms with E-state index in [0.29, 0.717) is 10.5 Å². The predicted molar refractivity (Wildman–Crippen MR) is 138 cm³/mol. The number of thioether (sulfide) groups is 2. The Balaban J connectivity index is 1.44. The fourth-order valence-corrected chi connectivity index (χ4v) is 6.67. The molecule has 4 heterocycles. The molecule has 2 aliphatic rings. The third-order valence-corrected chi connectivity index (χ3v) is 8.55. The average molecular weight is 604 g/mol. The van der Waals surface area contributed by atoms with E-state index in [-0.39, 0.29) is 40.3 Å². The molecule has 2 aliphatic heterocycles. The second-order valence-corrected chi connectivity index (χ2v) is 11.2. The van der Waals surface area contributed by atoms with Gasteiger partial charge in [-0.15, -0.1) is 34.9 Å². The lowest BCUT2D eigenvalue weighted by molar-refractivity contribution is -0.719. The van der Waals surface area contributed by atoms with Gasteiger partial charge in [-0.3, -0.25) is 14.5 Å². The van der Waals surface area contributed by atoms with E-state index in [1.54, 1.807) is 6.92 Å². The Morgan fingerprint density at radius 1 is 1.38 bits per heavy atom. The number of nitrogens with zero attached hydrogens (tertiary/aromatic N) is 4. The van der Waals surface area contributed by atoms with E-state index < -0.39 is 41.9 Å². The lowest BCUT2D eigenvalue weighted by Crippen LogP contribution is -2.71. The Kier molecular flexibility index (Phi) is 8.70. The summed E-state index contributed by atoms with van der Waals surface area (Å²) in [5, 5.41) is 17.4. The molecule has 4 rings (SSSR count). The van der Waals surface area contributed by atoms with Crippen molar-refractivity contribution in [2.45, 2.75) is 36.0 Å². The number of β-lactam (4-membered cyclic amide) rings is 1. The van der Waals surface area contributed by atoms with Crippen LogP contribution in [0.15, 0.2) is 51.2 Å². The topological polar surface area (TPSA) is 151 Å². The highest BCUT2D eigenvalue weighted by Gasteiger charge is 2.54. The second kappa shape index (κ2) is 11.8. The molecule has 2 aromatic rings. The van der Waals surface area contributed by atoms with Crippen molar-refractivity contribution in [3.05, 3.63) is 46.9 Å². The molecule has 2 atom stereocenters. The number of alkyl halides is 3. The van der Waals surface area contributed by atoms with Crippen LogP contribution in [0.25, 0.3) is 0 Å². The SMILES string of the molecule is CCON=C(C(=O)N[C@@H]1C(=O)N2C(C(=O)O)=C(CSc3cc[n+](CC(F)(F)F)cc3)CS[C@H]12)c1csc(N)n1. The molecule has 208 valence electrons. The van der Waals surface area contributed by atoms with Crippen molar-refractivity contribution in [3.8, 4) is 0 Å². The van der Waals surface area contributed by atoms with E-state index in [1.807, 2.05) is 0 Å². The molecular formula is C22H22F3N6O5S3+. The number of hydrogen-bond donors (Lipinski definition) is 3. The number of rotatable bonds is 10. The van der Waals surface area contributed by atoms with Crippen LogP contribution in [0.1, 0.15) is 12.6 Å².